The highest BCUT2D eigenvalue weighted by Gasteiger charge is 2.05. The summed E-state index contributed by atoms with van der Waals surface area (Å²) in [5, 5.41) is 7.40. The average Bonchev–Trinajstić information content (AvgIpc) is 2.59. The second-order valence-corrected chi connectivity index (χ2v) is 4.31. The van der Waals surface area contributed by atoms with Crippen molar-refractivity contribution in [2.24, 2.45) is 5.92 Å². The molecule has 4 heteroatoms. The van der Waals surface area contributed by atoms with Gasteiger partial charge in [0, 0.05) is 13.0 Å². The molecule has 0 saturated heterocycles. The molecule has 0 atom stereocenters. The predicted octanol–water partition coefficient (Wildman–Crippen LogP) is 1.48. The Morgan fingerprint density at radius 2 is 2.20 bits per heavy atom. The highest BCUT2D eigenvalue weighted by molar-refractivity contribution is 4.84. The molecule has 0 amide bonds. The van der Waals surface area contributed by atoms with Crippen molar-refractivity contribution in [2.75, 3.05) is 13.6 Å². The highest BCUT2D eigenvalue weighted by Crippen LogP contribution is 2.04. The Hall–Kier alpha value is -0.900. The Bertz CT molecular complexity index is 267. The van der Waals surface area contributed by atoms with Crippen molar-refractivity contribution in [3.63, 3.8) is 0 Å². The van der Waals surface area contributed by atoms with Gasteiger partial charge in [0.05, 0.1) is 0 Å². The number of hydrogen-bond donors (Lipinski definition) is 1. The molecular weight excluding hydrogens is 188 g/mol. The largest absolute Gasteiger partial charge is 0.320 e. The Labute approximate surface area is 92.1 Å². The molecule has 0 aliphatic heterocycles. The van der Waals surface area contributed by atoms with Crippen molar-refractivity contribution in [3.8, 4) is 0 Å². The van der Waals surface area contributed by atoms with Crippen LogP contribution in [0.5, 0.6) is 0 Å². The molecule has 0 unspecified atom stereocenters. The summed E-state index contributed by atoms with van der Waals surface area (Å²) < 4.78 is 2.03. The molecule has 0 aliphatic carbocycles. The van der Waals surface area contributed by atoms with Crippen LogP contribution >= 0.6 is 0 Å². The van der Waals surface area contributed by atoms with Crippen LogP contribution in [0.15, 0.2) is 6.33 Å². The summed E-state index contributed by atoms with van der Waals surface area (Å²) in [6.07, 6.45) is 5.08. The van der Waals surface area contributed by atoms with Gasteiger partial charge in [-0.3, -0.25) is 0 Å². The maximum Gasteiger partial charge on any atom is 0.138 e. The minimum atomic E-state index is 0.628. The molecule has 1 heterocycles. The molecule has 15 heavy (non-hydrogen) atoms. The molecule has 1 aromatic heterocycles. The molecule has 0 saturated carbocycles. The predicted molar refractivity (Wildman–Crippen MR) is 61.7 cm³/mol. The van der Waals surface area contributed by atoms with E-state index in [4.69, 9.17) is 0 Å². The summed E-state index contributed by atoms with van der Waals surface area (Å²) in [6.45, 7) is 6.46. The molecule has 1 aromatic rings. The smallest absolute Gasteiger partial charge is 0.138 e. The third-order valence-electron chi connectivity index (χ3n) is 2.31. The van der Waals surface area contributed by atoms with Gasteiger partial charge in [-0.1, -0.05) is 13.8 Å². The van der Waals surface area contributed by atoms with Gasteiger partial charge in [0.1, 0.15) is 12.2 Å². The summed E-state index contributed by atoms with van der Waals surface area (Å²) in [5.74, 6) is 1.75. The first kappa shape index (κ1) is 12.2. The van der Waals surface area contributed by atoms with Crippen molar-refractivity contribution in [1.29, 1.82) is 0 Å². The first-order valence-electron chi connectivity index (χ1n) is 5.75. The minimum absolute atomic E-state index is 0.628. The normalized spacial score (nSPS) is 11.2. The average molecular weight is 210 g/mol. The molecule has 0 aliphatic rings. The minimum Gasteiger partial charge on any atom is -0.320 e. The van der Waals surface area contributed by atoms with Crippen molar-refractivity contribution >= 4 is 0 Å². The van der Waals surface area contributed by atoms with E-state index in [0.29, 0.717) is 5.92 Å². The van der Waals surface area contributed by atoms with Crippen molar-refractivity contribution in [2.45, 2.75) is 39.7 Å². The van der Waals surface area contributed by atoms with E-state index >= 15 is 0 Å². The lowest BCUT2D eigenvalue weighted by Gasteiger charge is -2.08. The zero-order chi connectivity index (χ0) is 11.1. The van der Waals surface area contributed by atoms with Crippen LogP contribution in [0.3, 0.4) is 0 Å². The first-order valence-corrected chi connectivity index (χ1v) is 5.75. The Kier molecular flexibility index (Phi) is 5.32. The van der Waals surface area contributed by atoms with Crippen LogP contribution < -0.4 is 5.32 Å². The van der Waals surface area contributed by atoms with Gasteiger partial charge in [-0.25, -0.2) is 9.67 Å². The van der Waals surface area contributed by atoms with Crippen LogP contribution in [-0.2, 0) is 13.0 Å². The van der Waals surface area contributed by atoms with Gasteiger partial charge < -0.3 is 5.32 Å². The fourth-order valence-corrected chi connectivity index (χ4v) is 1.56. The molecule has 0 bridgehead atoms. The number of nitrogens with zero attached hydrogens (tertiary/aromatic N) is 3. The van der Waals surface area contributed by atoms with Gasteiger partial charge in [-0.05, 0) is 32.4 Å². The Morgan fingerprint density at radius 3 is 2.87 bits per heavy atom. The fourth-order valence-electron chi connectivity index (χ4n) is 1.56. The second-order valence-electron chi connectivity index (χ2n) is 4.31. The van der Waals surface area contributed by atoms with Crippen LogP contribution in [-0.4, -0.2) is 28.4 Å². The van der Waals surface area contributed by atoms with E-state index < -0.39 is 0 Å². The van der Waals surface area contributed by atoms with Crippen molar-refractivity contribution < 1.29 is 0 Å². The maximum atomic E-state index is 4.30. The molecular formula is C11H22N4. The Morgan fingerprint density at radius 1 is 1.40 bits per heavy atom. The summed E-state index contributed by atoms with van der Waals surface area (Å²) in [7, 11) is 1.99. The van der Waals surface area contributed by atoms with E-state index in [0.717, 1.165) is 25.3 Å². The van der Waals surface area contributed by atoms with E-state index in [1.807, 2.05) is 11.7 Å². The van der Waals surface area contributed by atoms with E-state index in [1.54, 1.807) is 6.33 Å². The summed E-state index contributed by atoms with van der Waals surface area (Å²) >= 11 is 0. The molecule has 0 aromatic carbocycles. The van der Waals surface area contributed by atoms with Gasteiger partial charge in [0.15, 0.2) is 0 Å². The van der Waals surface area contributed by atoms with Crippen molar-refractivity contribution in [3.05, 3.63) is 12.2 Å². The van der Waals surface area contributed by atoms with E-state index in [-0.39, 0.29) is 0 Å². The highest BCUT2D eigenvalue weighted by atomic mass is 15.3. The van der Waals surface area contributed by atoms with Crippen LogP contribution in [0, 0.1) is 5.92 Å². The fraction of sp³-hybridized carbons (Fsp3) is 0.818. The number of rotatable bonds is 7. The number of unbranched alkanes of at least 4 members (excludes halogenated alkanes) is 1. The SMILES string of the molecule is CNCCCCc1ncnn1CC(C)C. The third kappa shape index (κ3) is 4.42. The van der Waals surface area contributed by atoms with Crippen LogP contribution in [0.1, 0.15) is 32.5 Å². The number of hydrogen-bond acceptors (Lipinski definition) is 3. The molecule has 1 N–H and O–H groups in total. The molecule has 0 fully saturated rings. The topological polar surface area (TPSA) is 42.7 Å². The molecule has 1 rings (SSSR count). The van der Waals surface area contributed by atoms with Gasteiger partial charge in [-0.2, -0.15) is 5.10 Å². The number of aromatic nitrogens is 3. The van der Waals surface area contributed by atoms with Crippen LogP contribution in [0.25, 0.3) is 0 Å². The monoisotopic (exact) mass is 210 g/mol. The lowest BCUT2D eigenvalue weighted by Crippen LogP contribution is -2.11. The molecule has 86 valence electrons. The van der Waals surface area contributed by atoms with E-state index in [9.17, 15) is 0 Å². The zero-order valence-electron chi connectivity index (χ0n) is 10.0. The molecule has 0 spiro atoms. The first-order chi connectivity index (χ1) is 7.24. The van der Waals surface area contributed by atoms with Gasteiger partial charge >= 0.3 is 0 Å². The van der Waals surface area contributed by atoms with Crippen LogP contribution in [0.4, 0.5) is 0 Å². The number of nitrogens with one attached hydrogen (secondary N) is 1. The molecule has 0 radical (unpaired) electrons. The second kappa shape index (κ2) is 6.56. The third-order valence-corrected chi connectivity index (χ3v) is 2.31. The van der Waals surface area contributed by atoms with E-state index in [1.165, 1.54) is 12.8 Å². The lowest BCUT2D eigenvalue weighted by atomic mass is 10.2. The summed E-state index contributed by atoms with van der Waals surface area (Å²) in [4.78, 5) is 4.30. The van der Waals surface area contributed by atoms with Crippen molar-refractivity contribution in [1.82, 2.24) is 20.1 Å². The number of aryl methyl sites for hydroxylation is 1. The standard InChI is InChI=1S/C11H22N4/c1-10(2)8-15-11(13-9-14-15)6-4-5-7-12-3/h9-10,12H,4-8H2,1-3H3. The molecule has 4 nitrogen and oxygen atoms in total. The summed E-state index contributed by atoms with van der Waals surface area (Å²) in [6, 6.07) is 0. The van der Waals surface area contributed by atoms with E-state index in [2.05, 4.69) is 29.2 Å². The summed E-state index contributed by atoms with van der Waals surface area (Å²) in [5.41, 5.74) is 0. The van der Waals surface area contributed by atoms with Gasteiger partial charge in [-0.15, -0.1) is 0 Å². The van der Waals surface area contributed by atoms with Crippen LogP contribution in [0.2, 0.25) is 0 Å². The quantitative estimate of drug-likeness (QED) is 0.693. The lowest BCUT2D eigenvalue weighted by molar-refractivity contribution is 0.462. The Balaban J connectivity index is 2.36. The van der Waals surface area contributed by atoms with Gasteiger partial charge in [0.25, 0.3) is 0 Å². The maximum absolute atomic E-state index is 4.30. The zero-order valence-corrected chi connectivity index (χ0v) is 10.0. The van der Waals surface area contributed by atoms with Gasteiger partial charge in [0.2, 0.25) is 0 Å².